The summed E-state index contributed by atoms with van der Waals surface area (Å²) in [4.78, 5) is 17.2. The van der Waals surface area contributed by atoms with Crippen molar-refractivity contribution in [3.63, 3.8) is 0 Å². The van der Waals surface area contributed by atoms with E-state index in [0.29, 0.717) is 19.6 Å². The number of carbonyl (C=O) groups is 1. The lowest BCUT2D eigenvalue weighted by Gasteiger charge is -2.33. The van der Waals surface area contributed by atoms with E-state index < -0.39 is 10.0 Å². The van der Waals surface area contributed by atoms with Gasteiger partial charge in [-0.15, -0.1) is 0 Å². The summed E-state index contributed by atoms with van der Waals surface area (Å²) in [5.74, 6) is 0. The first-order valence-electron chi connectivity index (χ1n) is 6.46. The summed E-state index contributed by atoms with van der Waals surface area (Å²) in [6, 6.07) is -0.151. The van der Waals surface area contributed by atoms with Crippen LogP contribution in [0.2, 0.25) is 0 Å². The van der Waals surface area contributed by atoms with Crippen molar-refractivity contribution in [1.29, 1.82) is 0 Å². The molecule has 2 rings (SSSR count). The maximum atomic E-state index is 12.3. The fraction of sp³-hybridized carbons (Fsp3) is 0.636. The molecule has 0 spiro atoms. The van der Waals surface area contributed by atoms with Crippen LogP contribution in [-0.4, -0.2) is 65.9 Å². The first kappa shape index (κ1) is 14.8. The van der Waals surface area contributed by atoms with Crippen molar-refractivity contribution in [2.45, 2.75) is 11.9 Å². The van der Waals surface area contributed by atoms with Gasteiger partial charge in [-0.25, -0.2) is 18.2 Å². The Bertz CT molecular complexity index is 575. The number of imidazole rings is 1. The Hall–Kier alpha value is -1.61. The third kappa shape index (κ3) is 2.93. The van der Waals surface area contributed by atoms with Gasteiger partial charge in [-0.2, -0.15) is 4.31 Å². The largest absolute Gasteiger partial charge is 0.339 e. The number of piperazine rings is 1. The van der Waals surface area contributed by atoms with Gasteiger partial charge in [0.05, 0.1) is 6.33 Å². The first-order valence-corrected chi connectivity index (χ1v) is 7.90. The number of hydrogen-bond donors (Lipinski definition) is 1. The molecule has 8 nitrogen and oxygen atoms in total. The minimum atomic E-state index is -3.56. The number of carbonyl (C=O) groups excluding carboxylic acids is 1. The maximum Gasteiger partial charge on any atom is 0.317 e. The first-order chi connectivity index (χ1) is 9.45. The summed E-state index contributed by atoms with van der Waals surface area (Å²) in [5.41, 5.74) is 0. The van der Waals surface area contributed by atoms with Gasteiger partial charge in [0.15, 0.2) is 5.03 Å². The van der Waals surface area contributed by atoms with Crippen LogP contribution in [0.15, 0.2) is 17.6 Å². The molecular formula is C11H19N5O3S. The number of aromatic nitrogens is 2. The van der Waals surface area contributed by atoms with E-state index >= 15 is 0 Å². The highest BCUT2D eigenvalue weighted by molar-refractivity contribution is 7.89. The molecule has 0 bridgehead atoms. The van der Waals surface area contributed by atoms with Gasteiger partial charge in [0.2, 0.25) is 0 Å². The van der Waals surface area contributed by atoms with Gasteiger partial charge in [0.25, 0.3) is 10.0 Å². The van der Waals surface area contributed by atoms with E-state index in [9.17, 15) is 13.2 Å². The quantitative estimate of drug-likeness (QED) is 0.812. The van der Waals surface area contributed by atoms with Crippen molar-refractivity contribution >= 4 is 16.1 Å². The summed E-state index contributed by atoms with van der Waals surface area (Å²) in [7, 11) is -1.84. The van der Waals surface area contributed by atoms with Crippen LogP contribution in [-0.2, 0) is 17.1 Å². The highest BCUT2D eigenvalue weighted by Crippen LogP contribution is 2.15. The Labute approximate surface area is 118 Å². The van der Waals surface area contributed by atoms with Gasteiger partial charge in [-0.1, -0.05) is 0 Å². The SMILES string of the molecule is CCNC(=O)N1CCN(S(=O)(=O)c2cn(C)cn2)CC1. The molecule has 2 heterocycles. The molecule has 112 valence electrons. The molecule has 0 saturated carbocycles. The fourth-order valence-electron chi connectivity index (χ4n) is 2.05. The zero-order chi connectivity index (χ0) is 14.8. The predicted octanol–water partition coefficient (Wildman–Crippen LogP) is -0.544. The van der Waals surface area contributed by atoms with Crippen molar-refractivity contribution < 1.29 is 13.2 Å². The van der Waals surface area contributed by atoms with Crippen LogP contribution < -0.4 is 5.32 Å². The molecule has 1 fully saturated rings. The van der Waals surface area contributed by atoms with Crippen LogP contribution in [0.5, 0.6) is 0 Å². The molecule has 0 unspecified atom stereocenters. The van der Waals surface area contributed by atoms with Crippen LogP contribution in [0.25, 0.3) is 0 Å². The third-order valence-corrected chi connectivity index (χ3v) is 4.92. The molecule has 1 aromatic heterocycles. The molecule has 0 atom stereocenters. The van der Waals surface area contributed by atoms with Crippen molar-refractivity contribution in [1.82, 2.24) is 24.1 Å². The second-order valence-corrected chi connectivity index (χ2v) is 6.49. The number of urea groups is 1. The number of nitrogens with zero attached hydrogens (tertiary/aromatic N) is 4. The number of sulfonamides is 1. The van der Waals surface area contributed by atoms with Crippen LogP contribution in [0, 0.1) is 0 Å². The Kier molecular flexibility index (Phi) is 4.29. The molecule has 9 heteroatoms. The van der Waals surface area contributed by atoms with Gasteiger partial charge < -0.3 is 14.8 Å². The highest BCUT2D eigenvalue weighted by atomic mass is 32.2. The fourth-order valence-corrected chi connectivity index (χ4v) is 3.44. The molecular weight excluding hydrogens is 282 g/mol. The van der Waals surface area contributed by atoms with Crippen LogP contribution in [0.4, 0.5) is 4.79 Å². The maximum absolute atomic E-state index is 12.3. The Morgan fingerprint density at radius 3 is 2.50 bits per heavy atom. The molecule has 1 saturated heterocycles. The van der Waals surface area contributed by atoms with Gasteiger partial charge in [0.1, 0.15) is 0 Å². The summed E-state index contributed by atoms with van der Waals surface area (Å²) in [5, 5.41) is 2.75. The zero-order valence-corrected chi connectivity index (χ0v) is 12.4. The predicted molar refractivity (Wildman–Crippen MR) is 72.6 cm³/mol. The summed E-state index contributed by atoms with van der Waals surface area (Å²) >= 11 is 0. The highest BCUT2D eigenvalue weighted by Gasteiger charge is 2.31. The average Bonchev–Trinajstić information content (AvgIpc) is 2.86. The number of hydrogen-bond acceptors (Lipinski definition) is 4. The average molecular weight is 301 g/mol. The smallest absolute Gasteiger partial charge is 0.317 e. The number of rotatable bonds is 3. The zero-order valence-electron chi connectivity index (χ0n) is 11.6. The molecule has 2 amide bonds. The minimum absolute atomic E-state index is 0.0476. The topological polar surface area (TPSA) is 87.5 Å². The lowest BCUT2D eigenvalue weighted by atomic mass is 10.4. The molecule has 1 aromatic rings. The molecule has 0 aliphatic carbocycles. The molecule has 0 radical (unpaired) electrons. The number of aryl methyl sites for hydroxylation is 1. The van der Waals surface area contributed by atoms with Gasteiger partial charge in [0, 0.05) is 46.0 Å². The second kappa shape index (κ2) is 5.80. The van der Waals surface area contributed by atoms with E-state index in [1.54, 1.807) is 16.5 Å². The van der Waals surface area contributed by atoms with E-state index in [0.717, 1.165) is 0 Å². The molecule has 1 N–H and O–H groups in total. The molecule has 0 aromatic carbocycles. The van der Waals surface area contributed by atoms with Crippen molar-refractivity contribution in [3.05, 3.63) is 12.5 Å². The van der Waals surface area contributed by atoms with Gasteiger partial charge >= 0.3 is 6.03 Å². The Morgan fingerprint density at radius 2 is 2.00 bits per heavy atom. The summed E-state index contributed by atoms with van der Waals surface area (Å²) in [6.45, 7) is 3.76. The van der Waals surface area contributed by atoms with Crippen LogP contribution in [0.1, 0.15) is 6.92 Å². The monoisotopic (exact) mass is 301 g/mol. The lowest BCUT2D eigenvalue weighted by molar-refractivity contribution is 0.173. The summed E-state index contributed by atoms with van der Waals surface area (Å²) < 4.78 is 27.6. The van der Waals surface area contributed by atoms with Gasteiger partial charge in [-0.05, 0) is 6.92 Å². The number of amides is 2. The van der Waals surface area contributed by atoms with Crippen molar-refractivity contribution in [2.75, 3.05) is 32.7 Å². The van der Waals surface area contributed by atoms with Gasteiger partial charge in [-0.3, -0.25) is 0 Å². The number of nitrogens with one attached hydrogen (secondary N) is 1. The molecule has 1 aliphatic heterocycles. The van der Waals surface area contributed by atoms with E-state index in [1.165, 1.54) is 16.8 Å². The van der Waals surface area contributed by atoms with E-state index in [1.807, 2.05) is 6.92 Å². The second-order valence-electron chi connectivity index (χ2n) is 4.60. The van der Waals surface area contributed by atoms with Crippen LogP contribution >= 0.6 is 0 Å². The Balaban J connectivity index is 2.02. The van der Waals surface area contributed by atoms with E-state index in [-0.39, 0.29) is 24.1 Å². The third-order valence-electron chi connectivity index (χ3n) is 3.14. The van der Waals surface area contributed by atoms with Crippen LogP contribution in [0.3, 0.4) is 0 Å². The van der Waals surface area contributed by atoms with Crippen molar-refractivity contribution in [2.24, 2.45) is 7.05 Å². The molecule has 20 heavy (non-hydrogen) atoms. The molecule has 1 aliphatic rings. The normalized spacial score (nSPS) is 17.2. The van der Waals surface area contributed by atoms with E-state index in [2.05, 4.69) is 10.3 Å². The van der Waals surface area contributed by atoms with Crippen molar-refractivity contribution in [3.8, 4) is 0 Å². The lowest BCUT2D eigenvalue weighted by Crippen LogP contribution is -2.53. The summed E-state index contributed by atoms with van der Waals surface area (Å²) in [6.07, 6.45) is 2.93. The standard InChI is InChI=1S/C11H19N5O3S/c1-3-12-11(17)15-4-6-16(7-5-15)20(18,19)10-8-14(2)9-13-10/h8-9H,3-7H2,1-2H3,(H,12,17). The minimum Gasteiger partial charge on any atom is -0.339 e. The van der Waals surface area contributed by atoms with E-state index in [4.69, 9.17) is 0 Å². The Morgan fingerprint density at radius 1 is 1.35 bits per heavy atom.